The van der Waals surface area contributed by atoms with Gasteiger partial charge in [0.05, 0.1) is 23.0 Å². The summed E-state index contributed by atoms with van der Waals surface area (Å²) in [5.41, 5.74) is 7.30. The number of imidazole rings is 1. The van der Waals surface area contributed by atoms with Gasteiger partial charge in [-0.15, -0.1) is 0 Å². The number of fused-ring (bicyclic) bond motifs is 1. The molecule has 1 heterocycles. The van der Waals surface area contributed by atoms with E-state index in [4.69, 9.17) is 10.5 Å². The molecule has 4 nitrogen and oxygen atoms in total. The van der Waals surface area contributed by atoms with Gasteiger partial charge in [-0.05, 0) is 36.0 Å². The van der Waals surface area contributed by atoms with Crippen LogP contribution >= 0.6 is 11.8 Å². The Morgan fingerprint density at radius 3 is 2.81 bits per heavy atom. The Morgan fingerprint density at radius 1 is 1.24 bits per heavy atom. The van der Waals surface area contributed by atoms with E-state index in [1.165, 1.54) is 6.07 Å². The summed E-state index contributed by atoms with van der Waals surface area (Å²) in [6.45, 7) is 0. The number of methoxy groups -OCH3 is 1. The van der Waals surface area contributed by atoms with Gasteiger partial charge in [0.2, 0.25) is 0 Å². The molecule has 0 saturated carbocycles. The molecule has 0 amide bonds. The summed E-state index contributed by atoms with van der Waals surface area (Å²) in [6, 6.07) is 7.65. The van der Waals surface area contributed by atoms with Crippen molar-refractivity contribution in [1.29, 1.82) is 0 Å². The van der Waals surface area contributed by atoms with Crippen LogP contribution in [0.2, 0.25) is 0 Å². The quantitative estimate of drug-likeness (QED) is 0.726. The number of hydrogen-bond donors (Lipinski definition) is 2. The second kappa shape index (κ2) is 5.25. The van der Waals surface area contributed by atoms with Crippen molar-refractivity contribution in [2.24, 2.45) is 0 Å². The van der Waals surface area contributed by atoms with E-state index in [1.54, 1.807) is 25.3 Å². The summed E-state index contributed by atoms with van der Waals surface area (Å²) in [6.07, 6.45) is 0. The van der Waals surface area contributed by atoms with Gasteiger partial charge >= 0.3 is 0 Å². The third-order valence-corrected chi connectivity index (χ3v) is 3.95. The molecule has 2 aromatic carbocycles. The first-order valence-corrected chi connectivity index (χ1v) is 6.85. The minimum absolute atomic E-state index is 0.0148. The number of anilines is 1. The topological polar surface area (TPSA) is 63.9 Å². The maximum absolute atomic E-state index is 13.8. The number of nitrogens with one attached hydrogen (secondary N) is 1. The van der Waals surface area contributed by atoms with Crippen LogP contribution in [-0.4, -0.2) is 17.1 Å². The Hall–Kier alpha value is -2.28. The van der Waals surface area contributed by atoms with E-state index in [2.05, 4.69) is 9.97 Å². The van der Waals surface area contributed by atoms with E-state index in [1.807, 2.05) is 0 Å². The van der Waals surface area contributed by atoms with Crippen LogP contribution in [0.25, 0.3) is 11.0 Å². The highest BCUT2D eigenvalue weighted by molar-refractivity contribution is 7.99. The maximum atomic E-state index is 13.8. The Morgan fingerprint density at radius 2 is 2.05 bits per heavy atom. The molecule has 0 radical (unpaired) electrons. The fraction of sp³-hybridized carbons (Fsp3) is 0.0714. The van der Waals surface area contributed by atoms with Crippen LogP contribution in [0.5, 0.6) is 5.75 Å². The number of nitrogen functional groups attached to an aromatic ring is 1. The summed E-state index contributed by atoms with van der Waals surface area (Å²) in [4.78, 5) is 7.34. The Kier molecular flexibility index (Phi) is 3.42. The number of H-pyrrole nitrogens is 1. The molecule has 0 bridgehead atoms. The van der Waals surface area contributed by atoms with E-state index < -0.39 is 11.6 Å². The number of benzene rings is 2. The minimum atomic E-state index is -0.974. The second-order valence-corrected chi connectivity index (χ2v) is 5.31. The van der Waals surface area contributed by atoms with Gasteiger partial charge in [-0.2, -0.15) is 0 Å². The Balaban J connectivity index is 2.00. The van der Waals surface area contributed by atoms with Crippen molar-refractivity contribution < 1.29 is 13.5 Å². The van der Waals surface area contributed by atoms with Crippen molar-refractivity contribution in [3.8, 4) is 5.75 Å². The molecule has 1 aromatic heterocycles. The largest absolute Gasteiger partial charge is 0.497 e. The standard InChI is InChI=1S/C14H11F2N3OS/c1-20-7-2-5-10-11(6-7)19-14(18-10)21-13-9(17)4-3-8(15)12(13)16/h2-6H,17H2,1H3,(H,18,19). The molecule has 0 spiro atoms. The Bertz CT molecular complexity index is 819. The second-order valence-electron chi connectivity index (χ2n) is 4.31. The van der Waals surface area contributed by atoms with Crippen molar-refractivity contribution in [3.63, 3.8) is 0 Å². The predicted octanol–water partition coefficient (Wildman–Crippen LogP) is 3.58. The molecular weight excluding hydrogens is 296 g/mol. The molecule has 3 rings (SSSR count). The maximum Gasteiger partial charge on any atom is 0.174 e. The molecule has 108 valence electrons. The summed E-state index contributed by atoms with van der Waals surface area (Å²) in [5, 5.41) is 0.425. The monoisotopic (exact) mass is 307 g/mol. The fourth-order valence-corrected chi connectivity index (χ4v) is 2.76. The summed E-state index contributed by atoms with van der Waals surface area (Å²) < 4.78 is 32.2. The van der Waals surface area contributed by atoms with Crippen LogP contribution in [0, 0.1) is 11.6 Å². The zero-order valence-electron chi connectivity index (χ0n) is 11.0. The number of aromatic amines is 1. The van der Waals surface area contributed by atoms with E-state index in [0.717, 1.165) is 23.3 Å². The summed E-state index contributed by atoms with van der Waals surface area (Å²) in [7, 11) is 1.57. The molecule has 0 saturated heterocycles. The SMILES string of the molecule is COc1ccc2nc(Sc3c(N)ccc(F)c3F)[nH]c2c1. The van der Waals surface area contributed by atoms with Gasteiger partial charge in [0, 0.05) is 11.8 Å². The van der Waals surface area contributed by atoms with Gasteiger partial charge in [0.15, 0.2) is 16.8 Å². The zero-order valence-corrected chi connectivity index (χ0v) is 11.8. The number of nitrogens with two attached hydrogens (primary N) is 1. The van der Waals surface area contributed by atoms with Crippen molar-refractivity contribution in [1.82, 2.24) is 9.97 Å². The molecule has 21 heavy (non-hydrogen) atoms. The van der Waals surface area contributed by atoms with Crippen LogP contribution in [0.4, 0.5) is 14.5 Å². The lowest BCUT2D eigenvalue weighted by Crippen LogP contribution is -1.95. The number of hydrogen-bond acceptors (Lipinski definition) is 4. The molecule has 0 atom stereocenters. The van der Waals surface area contributed by atoms with Crippen LogP contribution < -0.4 is 10.5 Å². The van der Waals surface area contributed by atoms with Crippen LogP contribution in [0.1, 0.15) is 0 Å². The zero-order chi connectivity index (χ0) is 15.0. The normalized spacial score (nSPS) is 11.0. The highest BCUT2D eigenvalue weighted by atomic mass is 32.2. The average molecular weight is 307 g/mol. The molecule has 0 aliphatic heterocycles. The highest BCUT2D eigenvalue weighted by Crippen LogP contribution is 2.35. The first-order chi connectivity index (χ1) is 10.1. The predicted molar refractivity (Wildman–Crippen MR) is 77.5 cm³/mol. The molecule has 0 unspecified atom stereocenters. The smallest absolute Gasteiger partial charge is 0.174 e. The van der Waals surface area contributed by atoms with Gasteiger partial charge in [-0.3, -0.25) is 0 Å². The molecule has 0 aliphatic rings. The first-order valence-electron chi connectivity index (χ1n) is 6.03. The van der Waals surface area contributed by atoms with Crippen molar-refractivity contribution >= 4 is 28.5 Å². The first kappa shape index (κ1) is 13.7. The number of halogens is 2. The van der Waals surface area contributed by atoms with Crippen molar-refractivity contribution in [2.45, 2.75) is 10.1 Å². The lowest BCUT2D eigenvalue weighted by molar-refractivity contribution is 0.415. The molecule has 0 fully saturated rings. The van der Waals surface area contributed by atoms with Crippen LogP contribution in [-0.2, 0) is 0 Å². The van der Waals surface area contributed by atoms with Gasteiger partial charge in [0.25, 0.3) is 0 Å². The Labute approximate surface area is 123 Å². The van der Waals surface area contributed by atoms with Gasteiger partial charge in [-0.1, -0.05) is 0 Å². The summed E-state index contributed by atoms with van der Waals surface area (Å²) in [5.74, 6) is -1.23. The minimum Gasteiger partial charge on any atom is -0.497 e. The highest BCUT2D eigenvalue weighted by Gasteiger charge is 2.15. The number of nitrogens with zero attached hydrogens (tertiary/aromatic N) is 1. The average Bonchev–Trinajstić information content (AvgIpc) is 2.89. The fourth-order valence-electron chi connectivity index (χ4n) is 1.89. The molecular formula is C14H11F2N3OS. The van der Waals surface area contributed by atoms with Crippen LogP contribution in [0.15, 0.2) is 40.4 Å². The third-order valence-electron chi connectivity index (χ3n) is 2.95. The third kappa shape index (κ3) is 2.52. The van der Waals surface area contributed by atoms with E-state index in [9.17, 15) is 8.78 Å². The molecule has 7 heteroatoms. The van der Waals surface area contributed by atoms with Crippen molar-refractivity contribution in [2.75, 3.05) is 12.8 Å². The van der Waals surface area contributed by atoms with E-state index in [0.29, 0.717) is 16.4 Å². The van der Waals surface area contributed by atoms with Crippen LogP contribution in [0.3, 0.4) is 0 Å². The number of ether oxygens (including phenoxy) is 1. The lowest BCUT2D eigenvalue weighted by Gasteiger charge is -2.05. The molecule has 3 aromatic rings. The lowest BCUT2D eigenvalue weighted by atomic mass is 10.3. The molecule has 3 N–H and O–H groups in total. The van der Waals surface area contributed by atoms with Gasteiger partial charge < -0.3 is 15.5 Å². The number of aromatic nitrogens is 2. The number of rotatable bonds is 3. The molecule has 0 aliphatic carbocycles. The summed E-state index contributed by atoms with van der Waals surface area (Å²) >= 11 is 0.947. The van der Waals surface area contributed by atoms with E-state index >= 15 is 0 Å². The van der Waals surface area contributed by atoms with E-state index in [-0.39, 0.29) is 10.6 Å². The van der Waals surface area contributed by atoms with Crippen molar-refractivity contribution in [3.05, 3.63) is 42.0 Å². The van der Waals surface area contributed by atoms with Gasteiger partial charge in [-0.25, -0.2) is 13.8 Å². The van der Waals surface area contributed by atoms with Gasteiger partial charge in [0.1, 0.15) is 5.75 Å².